The van der Waals surface area contributed by atoms with Crippen LogP contribution in [0.4, 0.5) is 4.79 Å². The Labute approximate surface area is 95.2 Å². The van der Waals surface area contributed by atoms with E-state index < -0.39 is 12.0 Å². The molecule has 0 saturated heterocycles. The van der Waals surface area contributed by atoms with Gasteiger partial charge in [0, 0.05) is 18.6 Å². The van der Waals surface area contributed by atoms with Gasteiger partial charge in [-0.2, -0.15) is 0 Å². The van der Waals surface area contributed by atoms with Crippen molar-refractivity contribution in [1.29, 1.82) is 0 Å². The van der Waals surface area contributed by atoms with Crippen LogP contribution in [0, 0.1) is 0 Å². The zero-order valence-electron chi connectivity index (χ0n) is 9.93. The van der Waals surface area contributed by atoms with Gasteiger partial charge >= 0.3 is 12.0 Å². The molecular weight excluding hydrogens is 212 g/mol. The smallest absolute Gasteiger partial charge is 0.317 e. The normalized spacial score (nSPS) is 12.3. The number of rotatable bonds is 6. The highest BCUT2D eigenvalue weighted by atomic mass is 16.4. The number of aliphatic carboxylic acids is 1. The number of carbonyl (C=O) groups is 2. The van der Waals surface area contributed by atoms with Gasteiger partial charge in [-0.1, -0.05) is 0 Å². The van der Waals surface area contributed by atoms with Crippen LogP contribution in [0.1, 0.15) is 27.2 Å². The molecule has 0 spiro atoms. The third-order valence-corrected chi connectivity index (χ3v) is 2.08. The number of carboxylic acids is 1. The molecule has 2 amide bonds. The molecule has 0 aromatic heterocycles. The molecule has 0 aromatic rings. The SMILES string of the molecule is CC(CC(=O)O)NC(=O)N(CCO)C(C)C. The second kappa shape index (κ2) is 7.05. The van der Waals surface area contributed by atoms with E-state index in [4.69, 9.17) is 10.2 Å². The van der Waals surface area contributed by atoms with E-state index in [1.165, 1.54) is 4.90 Å². The molecule has 0 radical (unpaired) electrons. The van der Waals surface area contributed by atoms with Gasteiger partial charge < -0.3 is 20.4 Å². The number of hydrogen-bond acceptors (Lipinski definition) is 3. The summed E-state index contributed by atoms with van der Waals surface area (Å²) < 4.78 is 0. The molecule has 6 nitrogen and oxygen atoms in total. The number of urea groups is 1. The fourth-order valence-corrected chi connectivity index (χ4v) is 1.31. The number of aliphatic hydroxyl groups is 1. The third kappa shape index (κ3) is 5.55. The van der Waals surface area contributed by atoms with Crippen LogP contribution >= 0.6 is 0 Å². The monoisotopic (exact) mass is 232 g/mol. The lowest BCUT2D eigenvalue weighted by Gasteiger charge is -2.27. The number of carboxylic acid groups (broad SMARTS) is 1. The maximum Gasteiger partial charge on any atom is 0.317 e. The Morgan fingerprint density at radius 3 is 2.25 bits per heavy atom. The van der Waals surface area contributed by atoms with Crippen LogP contribution in [0.2, 0.25) is 0 Å². The number of nitrogens with zero attached hydrogens (tertiary/aromatic N) is 1. The van der Waals surface area contributed by atoms with Crippen molar-refractivity contribution in [3.8, 4) is 0 Å². The largest absolute Gasteiger partial charge is 0.481 e. The molecule has 0 heterocycles. The van der Waals surface area contributed by atoms with Crippen molar-refractivity contribution in [1.82, 2.24) is 10.2 Å². The molecule has 6 heteroatoms. The van der Waals surface area contributed by atoms with Crippen molar-refractivity contribution in [2.75, 3.05) is 13.2 Å². The molecule has 16 heavy (non-hydrogen) atoms. The summed E-state index contributed by atoms with van der Waals surface area (Å²) in [5, 5.41) is 19.9. The van der Waals surface area contributed by atoms with E-state index in [1.807, 2.05) is 13.8 Å². The first-order chi connectivity index (χ1) is 7.38. The van der Waals surface area contributed by atoms with Gasteiger partial charge in [-0.15, -0.1) is 0 Å². The summed E-state index contributed by atoms with van der Waals surface area (Å²) in [7, 11) is 0. The molecule has 0 aliphatic rings. The maximum absolute atomic E-state index is 11.7. The molecule has 0 rings (SSSR count). The summed E-state index contributed by atoms with van der Waals surface area (Å²) in [4.78, 5) is 23.5. The first-order valence-electron chi connectivity index (χ1n) is 5.28. The number of hydrogen-bond donors (Lipinski definition) is 3. The van der Waals surface area contributed by atoms with Gasteiger partial charge in [0.15, 0.2) is 0 Å². The van der Waals surface area contributed by atoms with Gasteiger partial charge in [0.1, 0.15) is 0 Å². The minimum Gasteiger partial charge on any atom is -0.481 e. The lowest BCUT2D eigenvalue weighted by atomic mass is 10.2. The molecular formula is C10H20N2O4. The Bertz CT molecular complexity index is 243. The topological polar surface area (TPSA) is 89.9 Å². The van der Waals surface area contributed by atoms with E-state index in [9.17, 15) is 9.59 Å². The molecule has 0 bridgehead atoms. The fraction of sp³-hybridized carbons (Fsp3) is 0.800. The highest BCUT2D eigenvalue weighted by Crippen LogP contribution is 2.00. The van der Waals surface area contributed by atoms with Gasteiger partial charge in [0.05, 0.1) is 13.0 Å². The average molecular weight is 232 g/mol. The predicted molar refractivity (Wildman–Crippen MR) is 59.2 cm³/mol. The lowest BCUT2D eigenvalue weighted by molar-refractivity contribution is -0.137. The molecule has 3 N–H and O–H groups in total. The molecule has 1 unspecified atom stereocenters. The highest BCUT2D eigenvalue weighted by Gasteiger charge is 2.18. The van der Waals surface area contributed by atoms with Crippen molar-refractivity contribution in [2.24, 2.45) is 0 Å². The van der Waals surface area contributed by atoms with Gasteiger partial charge in [0.25, 0.3) is 0 Å². The summed E-state index contributed by atoms with van der Waals surface area (Å²) in [6.45, 7) is 5.42. The molecule has 0 aliphatic carbocycles. The van der Waals surface area contributed by atoms with Crippen molar-refractivity contribution in [2.45, 2.75) is 39.3 Å². The summed E-state index contributed by atoms with van der Waals surface area (Å²) in [5.41, 5.74) is 0. The van der Waals surface area contributed by atoms with Gasteiger partial charge in [-0.3, -0.25) is 4.79 Å². The Balaban J connectivity index is 4.24. The number of carbonyl (C=O) groups excluding carboxylic acids is 1. The van der Waals surface area contributed by atoms with E-state index in [2.05, 4.69) is 5.32 Å². The van der Waals surface area contributed by atoms with Crippen LogP contribution in [0.25, 0.3) is 0 Å². The van der Waals surface area contributed by atoms with Crippen molar-refractivity contribution >= 4 is 12.0 Å². The zero-order chi connectivity index (χ0) is 12.7. The van der Waals surface area contributed by atoms with Crippen molar-refractivity contribution < 1.29 is 19.8 Å². The summed E-state index contributed by atoms with van der Waals surface area (Å²) >= 11 is 0. The van der Waals surface area contributed by atoms with E-state index in [1.54, 1.807) is 6.92 Å². The van der Waals surface area contributed by atoms with Crippen molar-refractivity contribution in [3.63, 3.8) is 0 Å². The third-order valence-electron chi connectivity index (χ3n) is 2.08. The van der Waals surface area contributed by atoms with E-state index in [-0.39, 0.29) is 31.6 Å². The standard InChI is InChI=1S/C10H20N2O4/c1-7(2)12(4-5-13)10(16)11-8(3)6-9(14)15/h7-8,13H,4-6H2,1-3H3,(H,11,16)(H,14,15). The molecule has 0 saturated carbocycles. The van der Waals surface area contributed by atoms with Gasteiger partial charge in [-0.25, -0.2) is 4.79 Å². The Morgan fingerprint density at radius 2 is 1.88 bits per heavy atom. The minimum atomic E-state index is -0.953. The molecule has 0 fully saturated rings. The number of nitrogens with one attached hydrogen (secondary N) is 1. The maximum atomic E-state index is 11.7. The minimum absolute atomic E-state index is 0.0378. The lowest BCUT2D eigenvalue weighted by Crippen LogP contribution is -2.48. The predicted octanol–water partition coefficient (Wildman–Crippen LogP) is 0.262. The second-order valence-electron chi connectivity index (χ2n) is 3.96. The van der Waals surface area contributed by atoms with Gasteiger partial charge in [-0.05, 0) is 20.8 Å². The van der Waals surface area contributed by atoms with Crippen LogP contribution in [-0.4, -0.2) is 52.3 Å². The van der Waals surface area contributed by atoms with Gasteiger partial charge in [0.2, 0.25) is 0 Å². The van der Waals surface area contributed by atoms with Crippen LogP contribution in [0.5, 0.6) is 0 Å². The molecule has 0 aromatic carbocycles. The molecule has 1 atom stereocenters. The number of amides is 2. The highest BCUT2D eigenvalue weighted by molar-refractivity contribution is 5.76. The molecule has 0 aliphatic heterocycles. The summed E-state index contributed by atoms with van der Waals surface area (Å²) in [6, 6.07) is -0.813. The Morgan fingerprint density at radius 1 is 1.31 bits per heavy atom. The average Bonchev–Trinajstić information content (AvgIpc) is 2.11. The van der Waals surface area contributed by atoms with Crippen LogP contribution in [0.15, 0.2) is 0 Å². The van der Waals surface area contributed by atoms with Crippen LogP contribution in [-0.2, 0) is 4.79 Å². The van der Waals surface area contributed by atoms with Crippen molar-refractivity contribution in [3.05, 3.63) is 0 Å². The van der Waals surface area contributed by atoms with E-state index in [0.717, 1.165) is 0 Å². The zero-order valence-corrected chi connectivity index (χ0v) is 9.93. The molecule has 94 valence electrons. The first-order valence-corrected chi connectivity index (χ1v) is 5.28. The van der Waals surface area contributed by atoms with E-state index in [0.29, 0.717) is 0 Å². The van der Waals surface area contributed by atoms with Crippen LogP contribution < -0.4 is 5.32 Å². The Hall–Kier alpha value is -1.30. The van der Waals surface area contributed by atoms with E-state index >= 15 is 0 Å². The van der Waals surface area contributed by atoms with Crippen LogP contribution in [0.3, 0.4) is 0 Å². The number of aliphatic hydroxyl groups excluding tert-OH is 1. The first kappa shape index (κ1) is 14.7. The fourth-order valence-electron chi connectivity index (χ4n) is 1.31. The summed E-state index contributed by atoms with van der Waals surface area (Å²) in [5.74, 6) is -0.953. The Kier molecular flexibility index (Phi) is 6.48. The quantitative estimate of drug-likeness (QED) is 0.613. The summed E-state index contributed by atoms with van der Waals surface area (Å²) in [6.07, 6.45) is -0.114. The second-order valence-corrected chi connectivity index (χ2v) is 3.96.